The topological polar surface area (TPSA) is 114 Å². The Kier molecular flexibility index (Phi) is 15.5. The number of aliphatic hydroxyl groups is 2. The Balaban J connectivity index is 0.00000901. The van der Waals surface area contributed by atoms with Crippen LogP contribution in [0.2, 0.25) is 34.8 Å². The van der Waals surface area contributed by atoms with Gasteiger partial charge in [-0.3, -0.25) is 0 Å². The van der Waals surface area contributed by atoms with Crippen LogP contribution >= 0.6 is 0 Å². The van der Waals surface area contributed by atoms with E-state index in [-0.39, 0.29) is 59.9 Å². The van der Waals surface area contributed by atoms with E-state index in [4.69, 9.17) is 37.3 Å². The van der Waals surface area contributed by atoms with Crippen molar-refractivity contribution < 1.29 is 66.3 Å². The molecule has 1 heterocycles. The minimum atomic E-state index is -2.65. The third kappa shape index (κ3) is 9.26. The SMILES string of the molecule is COCOc1[c-]c([C@H](O)[C@H](C)[C@](C)(O)[C@H](O[Si](C(C)C)(C(C)C)C(C)C)c2cc(OC)c(OC)c(O[Si](C)(C)C(C)(C)C)c2)cc2c1OCO2.[Li+]. The second-order valence-electron chi connectivity index (χ2n) is 16.1. The van der Waals surface area contributed by atoms with Gasteiger partial charge in [-0.2, -0.15) is 0 Å². The molecule has 2 aromatic carbocycles. The van der Waals surface area contributed by atoms with Gasteiger partial charge in [0, 0.05) is 13.0 Å². The van der Waals surface area contributed by atoms with Gasteiger partial charge in [0.2, 0.25) is 20.9 Å². The molecule has 13 heteroatoms. The third-order valence-corrected chi connectivity index (χ3v) is 21.3. The molecule has 1 aliphatic heterocycles. The van der Waals surface area contributed by atoms with Crippen molar-refractivity contribution in [1.82, 2.24) is 0 Å². The zero-order valence-electron chi connectivity index (χ0n) is 34.3. The van der Waals surface area contributed by atoms with Crippen molar-refractivity contribution in [2.45, 2.75) is 129 Å². The summed E-state index contributed by atoms with van der Waals surface area (Å²) in [4.78, 5) is 0. The maximum Gasteiger partial charge on any atom is 1.00 e. The van der Waals surface area contributed by atoms with Crippen LogP contribution in [-0.2, 0) is 9.16 Å². The summed E-state index contributed by atoms with van der Waals surface area (Å²) in [5.74, 6) is 1.75. The second-order valence-corrected chi connectivity index (χ2v) is 26.2. The van der Waals surface area contributed by atoms with Gasteiger partial charge in [-0.05, 0) is 59.4 Å². The van der Waals surface area contributed by atoms with Crippen LogP contribution in [0.3, 0.4) is 0 Å². The van der Waals surface area contributed by atoms with E-state index in [1.165, 1.54) is 7.11 Å². The van der Waals surface area contributed by atoms with Gasteiger partial charge in [0.05, 0.1) is 49.3 Å². The number of fused-ring (bicyclic) bond motifs is 1. The average Bonchev–Trinajstić information content (AvgIpc) is 3.50. The molecular formula is C38H63LiO10Si2. The first-order valence-corrected chi connectivity index (χ1v) is 22.7. The molecule has 0 bridgehead atoms. The Bertz CT molecular complexity index is 1420. The first-order valence-electron chi connectivity index (χ1n) is 17.6. The summed E-state index contributed by atoms with van der Waals surface area (Å²) in [7, 11) is -0.305. The summed E-state index contributed by atoms with van der Waals surface area (Å²) in [5, 5.41) is 24.8. The van der Waals surface area contributed by atoms with E-state index in [1.807, 2.05) is 19.1 Å². The molecule has 0 spiro atoms. The van der Waals surface area contributed by atoms with Crippen molar-refractivity contribution in [1.29, 1.82) is 0 Å². The van der Waals surface area contributed by atoms with Crippen LogP contribution in [-0.4, -0.2) is 67.4 Å². The van der Waals surface area contributed by atoms with Crippen LogP contribution in [0.5, 0.6) is 34.5 Å². The molecule has 0 amide bonds. The van der Waals surface area contributed by atoms with Crippen molar-refractivity contribution in [2.75, 3.05) is 34.9 Å². The van der Waals surface area contributed by atoms with Gasteiger partial charge in [0.25, 0.3) is 8.32 Å². The fourth-order valence-electron chi connectivity index (χ4n) is 6.89. The molecular weight excluding hydrogens is 680 g/mol. The average molecular weight is 743 g/mol. The molecule has 284 valence electrons. The van der Waals surface area contributed by atoms with Crippen molar-refractivity contribution in [3.63, 3.8) is 0 Å². The fourth-order valence-corrected chi connectivity index (χ4v) is 13.5. The van der Waals surface area contributed by atoms with Crippen molar-refractivity contribution in [3.05, 3.63) is 35.4 Å². The molecule has 0 unspecified atom stereocenters. The van der Waals surface area contributed by atoms with Crippen molar-refractivity contribution in [3.8, 4) is 34.5 Å². The molecule has 0 aromatic heterocycles. The van der Waals surface area contributed by atoms with Crippen molar-refractivity contribution >= 4 is 16.6 Å². The minimum absolute atomic E-state index is 0. The monoisotopic (exact) mass is 742 g/mol. The molecule has 2 N–H and O–H groups in total. The predicted molar refractivity (Wildman–Crippen MR) is 201 cm³/mol. The molecule has 0 aliphatic carbocycles. The predicted octanol–water partition coefficient (Wildman–Crippen LogP) is 5.96. The zero-order chi connectivity index (χ0) is 38.0. The van der Waals surface area contributed by atoms with Gasteiger partial charge in [-0.25, -0.2) is 0 Å². The van der Waals surface area contributed by atoms with Gasteiger partial charge in [0.15, 0.2) is 18.3 Å². The first-order chi connectivity index (χ1) is 23.1. The molecule has 0 radical (unpaired) electrons. The Morgan fingerprint density at radius 2 is 1.43 bits per heavy atom. The fraction of sp³-hybridized carbons (Fsp3) is 0.684. The summed E-state index contributed by atoms with van der Waals surface area (Å²) in [5.41, 5.74) is 0.0479. The smallest absolute Gasteiger partial charge is 0.541 e. The minimum Gasteiger partial charge on any atom is -0.541 e. The largest absolute Gasteiger partial charge is 1.00 e. The van der Waals surface area contributed by atoms with E-state index < -0.39 is 40.4 Å². The number of benzene rings is 2. The number of hydrogen-bond donors (Lipinski definition) is 2. The Morgan fingerprint density at radius 3 is 1.92 bits per heavy atom. The first kappa shape index (κ1) is 45.3. The Morgan fingerprint density at radius 1 is 0.863 bits per heavy atom. The van der Waals surface area contributed by atoms with Crippen LogP contribution in [0.25, 0.3) is 0 Å². The van der Waals surface area contributed by atoms with Gasteiger partial charge in [-0.15, -0.1) is 17.7 Å². The number of aliphatic hydroxyl groups excluding tert-OH is 1. The van der Waals surface area contributed by atoms with Crippen LogP contribution in [0.15, 0.2) is 18.2 Å². The molecule has 10 nitrogen and oxygen atoms in total. The van der Waals surface area contributed by atoms with Gasteiger partial charge in [0.1, 0.15) is 0 Å². The summed E-state index contributed by atoms with van der Waals surface area (Å²) in [6.45, 7) is 27.7. The van der Waals surface area contributed by atoms with E-state index in [0.717, 1.165) is 0 Å². The summed E-state index contributed by atoms with van der Waals surface area (Å²) in [6.07, 6.45) is -2.10. The van der Waals surface area contributed by atoms with E-state index in [0.29, 0.717) is 39.9 Å². The molecule has 0 saturated heterocycles. The second kappa shape index (κ2) is 17.5. The number of methoxy groups -OCH3 is 3. The van der Waals surface area contributed by atoms with Gasteiger partial charge < -0.3 is 47.5 Å². The van der Waals surface area contributed by atoms with Gasteiger partial charge in [-0.1, -0.05) is 69.2 Å². The van der Waals surface area contributed by atoms with E-state index in [9.17, 15) is 10.2 Å². The molecule has 3 rings (SSSR count). The number of hydrogen-bond acceptors (Lipinski definition) is 10. The number of rotatable bonds is 17. The maximum atomic E-state index is 12.9. The number of ether oxygens (including phenoxy) is 6. The molecule has 0 fully saturated rings. The van der Waals surface area contributed by atoms with E-state index in [2.05, 4.69) is 81.5 Å². The quantitative estimate of drug-likeness (QED) is 0.114. The summed E-state index contributed by atoms with van der Waals surface area (Å²) in [6, 6.07) is 8.60. The standard InChI is InChI=1S/C38H63O10Si2.Li/c1-23(2)50(24(3)4,25(5)6)48-36(28-19-29(42-13)34(43-14)32(20-28)47-49(15,16)37(8,9)10)38(11,40)26(7)33(39)27-17-30(44-21-41-12)35-31(18-27)45-22-46-35;/h18-20,23-26,33,36,39-40H,21-22H2,1-16H3;/q-1;+1/t26-,33+,36+,38-;/m0./s1. The molecule has 1 aliphatic rings. The summed E-state index contributed by atoms with van der Waals surface area (Å²) < 4.78 is 48.2. The normalized spacial score (nSPS) is 16.4. The zero-order valence-corrected chi connectivity index (χ0v) is 36.3. The molecule has 4 atom stereocenters. The van der Waals surface area contributed by atoms with E-state index >= 15 is 0 Å². The van der Waals surface area contributed by atoms with Crippen molar-refractivity contribution in [2.24, 2.45) is 5.92 Å². The maximum absolute atomic E-state index is 12.9. The van der Waals surface area contributed by atoms with Crippen LogP contribution in [0.4, 0.5) is 0 Å². The van der Waals surface area contributed by atoms with Crippen LogP contribution in [0.1, 0.15) is 99.5 Å². The summed E-state index contributed by atoms with van der Waals surface area (Å²) >= 11 is 0. The van der Waals surface area contributed by atoms with Crippen LogP contribution in [0, 0.1) is 12.0 Å². The Labute approximate surface area is 321 Å². The molecule has 0 saturated carbocycles. The van der Waals surface area contributed by atoms with Gasteiger partial charge >= 0.3 is 18.9 Å². The van der Waals surface area contributed by atoms with Crippen LogP contribution < -0.4 is 47.0 Å². The third-order valence-electron chi connectivity index (χ3n) is 10.9. The Hall–Kier alpha value is -1.89. The van der Waals surface area contributed by atoms with E-state index in [1.54, 1.807) is 27.2 Å². The molecule has 2 aromatic rings. The molecule has 51 heavy (non-hydrogen) atoms.